The lowest BCUT2D eigenvalue weighted by Crippen LogP contribution is -2.17. The standard InChI is InChI=1S/C11H9N3O2/c12-11(15)16-9-6-7-13-14-10(9)8-4-2-1-3-5-8/h1-7H,(H2,12,15). The average molecular weight is 215 g/mol. The van der Waals surface area contributed by atoms with E-state index in [0.717, 1.165) is 5.56 Å². The summed E-state index contributed by atoms with van der Waals surface area (Å²) in [5, 5.41) is 7.67. The fraction of sp³-hybridized carbons (Fsp3) is 0. The molecule has 5 nitrogen and oxygen atoms in total. The summed E-state index contributed by atoms with van der Waals surface area (Å²) >= 11 is 0. The second-order valence-corrected chi connectivity index (χ2v) is 3.03. The number of benzene rings is 1. The van der Waals surface area contributed by atoms with Gasteiger partial charge >= 0.3 is 6.09 Å². The zero-order valence-corrected chi connectivity index (χ0v) is 8.33. The lowest BCUT2D eigenvalue weighted by Gasteiger charge is -2.05. The van der Waals surface area contributed by atoms with Crippen LogP contribution in [0.25, 0.3) is 11.3 Å². The minimum Gasteiger partial charge on any atom is -0.408 e. The van der Waals surface area contributed by atoms with Crippen molar-refractivity contribution in [2.45, 2.75) is 0 Å². The lowest BCUT2D eigenvalue weighted by atomic mass is 10.1. The Kier molecular flexibility index (Phi) is 2.77. The fourth-order valence-corrected chi connectivity index (χ4v) is 1.31. The minimum absolute atomic E-state index is 0.300. The van der Waals surface area contributed by atoms with Crippen LogP contribution in [-0.2, 0) is 0 Å². The van der Waals surface area contributed by atoms with Crippen LogP contribution in [0.3, 0.4) is 0 Å². The van der Waals surface area contributed by atoms with Crippen molar-refractivity contribution in [1.82, 2.24) is 10.2 Å². The average Bonchev–Trinajstić information content (AvgIpc) is 2.30. The Morgan fingerprint density at radius 3 is 2.62 bits per heavy atom. The molecule has 16 heavy (non-hydrogen) atoms. The van der Waals surface area contributed by atoms with E-state index in [1.165, 1.54) is 6.20 Å². The van der Waals surface area contributed by atoms with E-state index in [2.05, 4.69) is 10.2 Å². The van der Waals surface area contributed by atoms with Crippen LogP contribution in [0, 0.1) is 0 Å². The molecule has 2 N–H and O–H groups in total. The summed E-state index contributed by atoms with van der Waals surface area (Å²) in [5.41, 5.74) is 6.26. The molecule has 0 unspecified atom stereocenters. The number of ether oxygens (including phenoxy) is 1. The Hall–Kier alpha value is -2.43. The molecule has 0 saturated carbocycles. The number of aromatic nitrogens is 2. The summed E-state index contributed by atoms with van der Waals surface area (Å²) in [6, 6.07) is 10.8. The molecule has 0 radical (unpaired) electrons. The summed E-state index contributed by atoms with van der Waals surface area (Å²) in [7, 11) is 0. The van der Waals surface area contributed by atoms with Crippen molar-refractivity contribution in [3.63, 3.8) is 0 Å². The van der Waals surface area contributed by atoms with E-state index in [1.807, 2.05) is 30.3 Å². The molecule has 1 amide bonds. The summed E-state index contributed by atoms with van der Waals surface area (Å²) in [6.45, 7) is 0. The van der Waals surface area contributed by atoms with Crippen molar-refractivity contribution in [1.29, 1.82) is 0 Å². The van der Waals surface area contributed by atoms with Gasteiger partial charge in [-0.05, 0) is 0 Å². The summed E-state index contributed by atoms with van der Waals surface area (Å²) in [6.07, 6.45) is 0.565. The maximum atomic E-state index is 10.7. The van der Waals surface area contributed by atoms with Crippen LogP contribution in [0.4, 0.5) is 4.79 Å². The van der Waals surface area contributed by atoms with Crippen LogP contribution in [0.15, 0.2) is 42.6 Å². The van der Waals surface area contributed by atoms with Crippen molar-refractivity contribution < 1.29 is 9.53 Å². The van der Waals surface area contributed by atoms with Crippen LogP contribution in [0.2, 0.25) is 0 Å². The highest BCUT2D eigenvalue weighted by Gasteiger charge is 2.09. The van der Waals surface area contributed by atoms with Crippen molar-refractivity contribution >= 4 is 6.09 Å². The molecular weight excluding hydrogens is 206 g/mol. The Balaban J connectivity index is 2.44. The van der Waals surface area contributed by atoms with Crippen LogP contribution >= 0.6 is 0 Å². The van der Waals surface area contributed by atoms with Gasteiger partial charge in [-0.25, -0.2) is 4.79 Å². The first-order chi connectivity index (χ1) is 7.77. The Morgan fingerprint density at radius 2 is 1.94 bits per heavy atom. The first kappa shape index (κ1) is 10.1. The maximum Gasteiger partial charge on any atom is 0.410 e. The quantitative estimate of drug-likeness (QED) is 0.825. The van der Waals surface area contributed by atoms with E-state index in [0.29, 0.717) is 11.4 Å². The molecule has 0 spiro atoms. The largest absolute Gasteiger partial charge is 0.410 e. The number of hydrogen-bond acceptors (Lipinski definition) is 4. The highest BCUT2D eigenvalue weighted by atomic mass is 16.5. The molecule has 0 aliphatic heterocycles. The van der Waals surface area contributed by atoms with Crippen molar-refractivity contribution in [3.8, 4) is 17.0 Å². The molecule has 0 fully saturated rings. The number of nitrogens with zero attached hydrogens (tertiary/aromatic N) is 2. The minimum atomic E-state index is -0.870. The number of carbonyl (C=O) groups excluding carboxylic acids is 1. The zero-order valence-electron chi connectivity index (χ0n) is 8.33. The number of nitrogens with two attached hydrogens (primary N) is 1. The SMILES string of the molecule is NC(=O)Oc1ccnnc1-c1ccccc1. The highest BCUT2D eigenvalue weighted by molar-refractivity contribution is 5.73. The summed E-state index contributed by atoms with van der Waals surface area (Å²) in [4.78, 5) is 10.7. The first-order valence-corrected chi connectivity index (χ1v) is 4.62. The van der Waals surface area contributed by atoms with Crippen molar-refractivity contribution in [3.05, 3.63) is 42.6 Å². The molecule has 2 rings (SSSR count). The predicted molar refractivity (Wildman–Crippen MR) is 57.7 cm³/mol. The molecule has 80 valence electrons. The number of amides is 1. The molecule has 1 heterocycles. The predicted octanol–water partition coefficient (Wildman–Crippen LogP) is 1.60. The second-order valence-electron chi connectivity index (χ2n) is 3.03. The number of primary amides is 1. The molecule has 1 aromatic heterocycles. The molecule has 0 bridgehead atoms. The molecule has 2 aromatic rings. The molecule has 0 aliphatic rings. The molecular formula is C11H9N3O2. The van der Waals surface area contributed by atoms with E-state index >= 15 is 0 Å². The van der Waals surface area contributed by atoms with Gasteiger partial charge in [-0.3, -0.25) is 0 Å². The molecule has 0 saturated heterocycles. The zero-order chi connectivity index (χ0) is 11.4. The smallest absolute Gasteiger partial charge is 0.408 e. The van der Waals surface area contributed by atoms with Gasteiger partial charge in [-0.15, -0.1) is 5.10 Å². The van der Waals surface area contributed by atoms with Gasteiger partial charge in [0.2, 0.25) is 0 Å². The van der Waals surface area contributed by atoms with E-state index < -0.39 is 6.09 Å². The molecule has 5 heteroatoms. The fourth-order valence-electron chi connectivity index (χ4n) is 1.31. The second kappa shape index (κ2) is 4.39. The topological polar surface area (TPSA) is 78.1 Å². The van der Waals surface area contributed by atoms with Gasteiger partial charge in [0, 0.05) is 11.6 Å². The van der Waals surface area contributed by atoms with Crippen LogP contribution in [-0.4, -0.2) is 16.3 Å². The third kappa shape index (κ3) is 2.14. The normalized spacial score (nSPS) is 9.75. The van der Waals surface area contributed by atoms with Crippen LogP contribution in [0.5, 0.6) is 5.75 Å². The van der Waals surface area contributed by atoms with Gasteiger partial charge < -0.3 is 10.5 Å². The van der Waals surface area contributed by atoms with Crippen molar-refractivity contribution in [2.24, 2.45) is 5.73 Å². The highest BCUT2D eigenvalue weighted by Crippen LogP contribution is 2.26. The molecule has 0 atom stereocenters. The van der Waals surface area contributed by atoms with Gasteiger partial charge in [0.1, 0.15) is 5.69 Å². The summed E-state index contributed by atoms with van der Waals surface area (Å²) < 4.78 is 4.84. The van der Waals surface area contributed by atoms with Gasteiger partial charge in [-0.1, -0.05) is 30.3 Å². The van der Waals surface area contributed by atoms with Crippen LogP contribution < -0.4 is 10.5 Å². The summed E-state index contributed by atoms with van der Waals surface area (Å²) in [5.74, 6) is 0.300. The van der Waals surface area contributed by atoms with Crippen molar-refractivity contribution in [2.75, 3.05) is 0 Å². The molecule has 1 aromatic carbocycles. The Morgan fingerprint density at radius 1 is 1.19 bits per heavy atom. The monoisotopic (exact) mass is 215 g/mol. The van der Waals surface area contributed by atoms with Gasteiger partial charge in [0.15, 0.2) is 5.75 Å². The Labute approximate surface area is 91.9 Å². The molecule has 0 aliphatic carbocycles. The van der Waals surface area contributed by atoms with Gasteiger partial charge in [-0.2, -0.15) is 5.10 Å². The first-order valence-electron chi connectivity index (χ1n) is 4.62. The van der Waals surface area contributed by atoms with E-state index in [9.17, 15) is 4.79 Å². The van der Waals surface area contributed by atoms with E-state index in [4.69, 9.17) is 10.5 Å². The third-order valence-corrected chi connectivity index (χ3v) is 1.94. The number of hydrogen-bond donors (Lipinski definition) is 1. The number of rotatable bonds is 2. The van der Waals surface area contributed by atoms with Gasteiger partial charge in [0.25, 0.3) is 0 Å². The third-order valence-electron chi connectivity index (χ3n) is 1.94. The van der Waals surface area contributed by atoms with Crippen LogP contribution in [0.1, 0.15) is 0 Å². The number of carbonyl (C=O) groups is 1. The van der Waals surface area contributed by atoms with E-state index in [-0.39, 0.29) is 0 Å². The maximum absolute atomic E-state index is 10.7. The Bertz CT molecular complexity index is 500. The van der Waals surface area contributed by atoms with Gasteiger partial charge in [0.05, 0.1) is 6.20 Å². The lowest BCUT2D eigenvalue weighted by molar-refractivity contribution is 0.211. The van der Waals surface area contributed by atoms with E-state index in [1.54, 1.807) is 6.07 Å².